The van der Waals surface area contributed by atoms with Crippen LogP contribution in [0.3, 0.4) is 0 Å². The summed E-state index contributed by atoms with van der Waals surface area (Å²) in [5.41, 5.74) is 2.09. The van der Waals surface area contributed by atoms with Gasteiger partial charge in [-0.2, -0.15) is 0 Å². The van der Waals surface area contributed by atoms with Gasteiger partial charge in [0, 0.05) is 26.9 Å². The Morgan fingerprint density at radius 2 is 1.67 bits per heavy atom. The molecule has 0 fully saturated rings. The molecule has 15 heavy (non-hydrogen) atoms. The molecule has 0 saturated heterocycles. The Bertz CT molecular complexity index is 297. The van der Waals surface area contributed by atoms with E-state index in [1.807, 2.05) is 18.2 Å². The first-order valence-corrected chi connectivity index (χ1v) is 4.97. The lowest BCUT2D eigenvalue weighted by atomic mass is 10.1. The average molecular weight is 210 g/mol. The highest BCUT2D eigenvalue weighted by atomic mass is 16.9. The van der Waals surface area contributed by atoms with Crippen LogP contribution in [0.25, 0.3) is 0 Å². The van der Waals surface area contributed by atoms with Gasteiger partial charge in [0.05, 0.1) is 0 Å². The van der Waals surface area contributed by atoms with Gasteiger partial charge < -0.3 is 14.2 Å². The van der Waals surface area contributed by atoms with Crippen molar-refractivity contribution in [2.45, 2.75) is 19.3 Å². The van der Waals surface area contributed by atoms with E-state index < -0.39 is 5.97 Å². The Morgan fingerprint density at radius 3 is 2.13 bits per heavy atom. The molecular weight excluding hydrogens is 192 g/mol. The summed E-state index contributed by atoms with van der Waals surface area (Å²) < 4.78 is 15.8. The summed E-state index contributed by atoms with van der Waals surface area (Å²) in [7, 11) is 4.68. The smallest absolute Gasteiger partial charge is 0.311 e. The molecule has 0 aromatic heterocycles. The van der Waals surface area contributed by atoms with Crippen LogP contribution in [0.2, 0.25) is 0 Å². The number of ether oxygens (including phenoxy) is 3. The molecule has 0 saturated carbocycles. The second-order valence-corrected chi connectivity index (χ2v) is 3.22. The van der Waals surface area contributed by atoms with Crippen LogP contribution < -0.4 is 0 Å². The van der Waals surface area contributed by atoms with E-state index in [9.17, 15) is 0 Å². The van der Waals surface area contributed by atoms with Crippen LogP contribution in [-0.2, 0) is 26.6 Å². The summed E-state index contributed by atoms with van der Waals surface area (Å²) >= 11 is 0. The average Bonchev–Trinajstić information content (AvgIpc) is 2.32. The second kappa shape index (κ2) is 5.26. The van der Waals surface area contributed by atoms with Gasteiger partial charge >= 0.3 is 5.97 Å². The predicted octanol–water partition coefficient (Wildman–Crippen LogP) is 2.30. The monoisotopic (exact) mass is 210 g/mol. The van der Waals surface area contributed by atoms with Crippen LogP contribution in [0, 0.1) is 0 Å². The topological polar surface area (TPSA) is 27.7 Å². The summed E-state index contributed by atoms with van der Waals surface area (Å²) in [6, 6.07) is 7.99. The predicted molar refractivity (Wildman–Crippen MR) is 58.5 cm³/mol. The van der Waals surface area contributed by atoms with Gasteiger partial charge in [0.2, 0.25) is 0 Å². The Kier molecular flexibility index (Phi) is 4.27. The van der Waals surface area contributed by atoms with Gasteiger partial charge in [0.25, 0.3) is 0 Å². The van der Waals surface area contributed by atoms with Crippen LogP contribution in [0.4, 0.5) is 0 Å². The van der Waals surface area contributed by atoms with Crippen molar-refractivity contribution in [1.82, 2.24) is 0 Å². The first-order chi connectivity index (χ1) is 7.22. The molecule has 3 nitrogen and oxygen atoms in total. The molecule has 0 spiro atoms. The Hall–Kier alpha value is -0.900. The molecule has 1 aromatic rings. The van der Waals surface area contributed by atoms with E-state index in [0.717, 1.165) is 12.0 Å². The fraction of sp³-hybridized carbons (Fsp3) is 0.500. The van der Waals surface area contributed by atoms with E-state index in [2.05, 4.69) is 13.0 Å². The largest absolute Gasteiger partial charge is 0.327 e. The van der Waals surface area contributed by atoms with E-state index in [-0.39, 0.29) is 0 Å². The van der Waals surface area contributed by atoms with Crippen LogP contribution in [0.15, 0.2) is 24.3 Å². The highest BCUT2D eigenvalue weighted by Gasteiger charge is 2.32. The summed E-state index contributed by atoms with van der Waals surface area (Å²) in [4.78, 5) is 0. The molecule has 0 aliphatic carbocycles. The molecular formula is C12H18O3. The lowest BCUT2D eigenvalue weighted by molar-refractivity contribution is -0.364. The Balaban J connectivity index is 3.10. The molecule has 0 amide bonds. The third-order valence-electron chi connectivity index (χ3n) is 2.49. The van der Waals surface area contributed by atoms with Gasteiger partial charge in [-0.15, -0.1) is 0 Å². The van der Waals surface area contributed by atoms with E-state index in [1.54, 1.807) is 21.3 Å². The molecule has 0 aliphatic rings. The van der Waals surface area contributed by atoms with Gasteiger partial charge in [-0.05, 0) is 18.1 Å². The summed E-state index contributed by atoms with van der Waals surface area (Å²) in [6.45, 7) is 2.10. The maximum absolute atomic E-state index is 5.28. The maximum atomic E-state index is 5.28. The van der Waals surface area contributed by atoms with Crippen molar-refractivity contribution in [3.8, 4) is 0 Å². The van der Waals surface area contributed by atoms with E-state index in [1.165, 1.54) is 5.56 Å². The van der Waals surface area contributed by atoms with Crippen LogP contribution in [0.1, 0.15) is 18.1 Å². The van der Waals surface area contributed by atoms with Gasteiger partial charge in [-0.3, -0.25) is 0 Å². The van der Waals surface area contributed by atoms with Gasteiger partial charge in [-0.25, -0.2) is 0 Å². The van der Waals surface area contributed by atoms with Crippen molar-refractivity contribution in [3.63, 3.8) is 0 Å². The minimum atomic E-state index is -1.09. The Labute approximate surface area is 91.0 Å². The van der Waals surface area contributed by atoms with Crippen molar-refractivity contribution in [1.29, 1.82) is 0 Å². The summed E-state index contributed by atoms with van der Waals surface area (Å²) in [5, 5.41) is 0. The number of rotatable bonds is 5. The SMILES string of the molecule is CCc1cccc(C(OC)(OC)OC)c1. The molecule has 0 heterocycles. The van der Waals surface area contributed by atoms with Gasteiger partial charge in [0.1, 0.15) is 0 Å². The highest BCUT2D eigenvalue weighted by molar-refractivity contribution is 5.25. The molecule has 84 valence electrons. The molecule has 0 bridgehead atoms. The van der Waals surface area contributed by atoms with Crippen molar-refractivity contribution >= 4 is 0 Å². The zero-order valence-corrected chi connectivity index (χ0v) is 9.74. The summed E-state index contributed by atoms with van der Waals surface area (Å²) in [6.07, 6.45) is 0.973. The fourth-order valence-electron chi connectivity index (χ4n) is 1.59. The third kappa shape index (κ3) is 2.37. The second-order valence-electron chi connectivity index (χ2n) is 3.22. The van der Waals surface area contributed by atoms with Crippen molar-refractivity contribution in [2.75, 3.05) is 21.3 Å². The number of aryl methyl sites for hydroxylation is 1. The van der Waals surface area contributed by atoms with Crippen LogP contribution in [-0.4, -0.2) is 21.3 Å². The summed E-state index contributed by atoms with van der Waals surface area (Å²) in [5.74, 6) is -1.09. The van der Waals surface area contributed by atoms with E-state index in [4.69, 9.17) is 14.2 Å². The number of hydrogen-bond donors (Lipinski definition) is 0. The van der Waals surface area contributed by atoms with E-state index in [0.29, 0.717) is 0 Å². The molecule has 1 aromatic carbocycles. The lowest BCUT2D eigenvalue weighted by Gasteiger charge is -2.29. The quantitative estimate of drug-likeness (QED) is 0.698. The zero-order valence-electron chi connectivity index (χ0n) is 9.74. The van der Waals surface area contributed by atoms with Crippen molar-refractivity contribution < 1.29 is 14.2 Å². The van der Waals surface area contributed by atoms with Crippen LogP contribution in [0.5, 0.6) is 0 Å². The molecule has 0 atom stereocenters. The molecule has 3 heteroatoms. The maximum Gasteiger partial charge on any atom is 0.311 e. The lowest BCUT2D eigenvalue weighted by Crippen LogP contribution is -2.32. The number of methoxy groups -OCH3 is 3. The first-order valence-electron chi connectivity index (χ1n) is 4.97. The standard InChI is InChI=1S/C12H18O3/c1-5-10-7-6-8-11(9-10)12(13-2,14-3)15-4/h6-9H,5H2,1-4H3. The van der Waals surface area contributed by atoms with Crippen LogP contribution >= 0.6 is 0 Å². The minimum absolute atomic E-state index is 0.870. The molecule has 0 unspecified atom stereocenters. The normalized spacial score (nSPS) is 11.7. The molecule has 0 aliphatic heterocycles. The van der Waals surface area contributed by atoms with Crippen molar-refractivity contribution in [3.05, 3.63) is 35.4 Å². The van der Waals surface area contributed by atoms with Gasteiger partial charge in [-0.1, -0.05) is 25.1 Å². The van der Waals surface area contributed by atoms with Crippen molar-refractivity contribution in [2.24, 2.45) is 0 Å². The molecule has 0 radical (unpaired) electrons. The third-order valence-corrected chi connectivity index (χ3v) is 2.49. The zero-order chi connectivity index (χ0) is 11.3. The molecule has 1 rings (SSSR count). The van der Waals surface area contributed by atoms with Gasteiger partial charge in [0.15, 0.2) is 0 Å². The number of benzene rings is 1. The first kappa shape index (κ1) is 12.2. The number of hydrogen-bond acceptors (Lipinski definition) is 3. The Morgan fingerprint density at radius 1 is 1.07 bits per heavy atom. The van der Waals surface area contributed by atoms with E-state index >= 15 is 0 Å². The fourth-order valence-corrected chi connectivity index (χ4v) is 1.59. The minimum Gasteiger partial charge on any atom is -0.327 e. The highest BCUT2D eigenvalue weighted by Crippen LogP contribution is 2.27. The molecule has 0 N–H and O–H groups in total.